The van der Waals surface area contributed by atoms with Crippen LogP contribution in [0.15, 0.2) is 59.5 Å². The Bertz CT molecular complexity index is 999. The summed E-state index contributed by atoms with van der Waals surface area (Å²) in [5.41, 5.74) is -1.11. The minimum absolute atomic E-state index is 0.0251. The molecule has 0 aliphatic rings. The molecule has 0 heterocycles. The van der Waals surface area contributed by atoms with E-state index in [2.05, 4.69) is 4.72 Å². The Balaban J connectivity index is 2.32. The molecule has 7 nitrogen and oxygen atoms in total. The van der Waals surface area contributed by atoms with Gasteiger partial charge in [-0.2, -0.15) is 4.72 Å². The van der Waals surface area contributed by atoms with E-state index in [0.29, 0.717) is 0 Å². The molecule has 0 spiro atoms. The van der Waals surface area contributed by atoms with Gasteiger partial charge in [-0.15, -0.1) is 0 Å². The van der Waals surface area contributed by atoms with Gasteiger partial charge in [0.25, 0.3) is 0 Å². The minimum atomic E-state index is -4.15. The van der Waals surface area contributed by atoms with Crippen LogP contribution in [-0.4, -0.2) is 42.8 Å². The number of ether oxygens (including phenoxy) is 2. The maximum atomic E-state index is 13.1. The molecule has 3 atom stereocenters. The van der Waals surface area contributed by atoms with Crippen LogP contribution >= 0.6 is 0 Å². The molecule has 2 aromatic rings. The van der Waals surface area contributed by atoms with Crippen LogP contribution in [0.5, 0.6) is 0 Å². The molecule has 2 aromatic carbocycles. The average molecular weight is 464 g/mol. The quantitative estimate of drug-likeness (QED) is 0.553. The molecule has 176 valence electrons. The fourth-order valence-corrected chi connectivity index (χ4v) is 4.40. The summed E-state index contributed by atoms with van der Waals surface area (Å²) in [6.07, 6.45) is -2.41. The van der Waals surface area contributed by atoms with Crippen LogP contribution in [0.3, 0.4) is 0 Å². The van der Waals surface area contributed by atoms with Crippen molar-refractivity contribution in [3.05, 3.63) is 65.7 Å². The maximum Gasteiger partial charge on any atom is 0.330 e. The van der Waals surface area contributed by atoms with E-state index in [0.717, 1.165) is 11.1 Å². The molecule has 0 saturated carbocycles. The van der Waals surface area contributed by atoms with Crippen molar-refractivity contribution in [2.45, 2.75) is 76.4 Å². The lowest BCUT2D eigenvalue weighted by atomic mass is 9.92. The van der Waals surface area contributed by atoms with E-state index in [9.17, 15) is 18.3 Å². The Morgan fingerprint density at radius 3 is 2.12 bits per heavy atom. The fourth-order valence-electron chi connectivity index (χ4n) is 3.02. The van der Waals surface area contributed by atoms with Gasteiger partial charge >= 0.3 is 5.97 Å². The van der Waals surface area contributed by atoms with E-state index in [-0.39, 0.29) is 11.5 Å². The number of aliphatic hydroxyl groups is 1. The number of carbonyl (C=O) groups is 1. The van der Waals surface area contributed by atoms with Gasteiger partial charge in [-0.1, -0.05) is 48.0 Å². The van der Waals surface area contributed by atoms with Crippen LogP contribution < -0.4 is 4.72 Å². The molecule has 0 aliphatic carbocycles. The number of hydrogen-bond acceptors (Lipinski definition) is 6. The summed E-state index contributed by atoms with van der Waals surface area (Å²) < 4.78 is 39.7. The molecular formula is C24H33NO6S. The zero-order chi connectivity index (χ0) is 24.2. The molecule has 2 rings (SSSR count). The van der Waals surface area contributed by atoms with Crippen molar-refractivity contribution in [2.75, 3.05) is 0 Å². The highest BCUT2D eigenvalue weighted by Crippen LogP contribution is 2.25. The second-order valence-electron chi connectivity index (χ2n) is 9.07. The second kappa shape index (κ2) is 10.1. The maximum absolute atomic E-state index is 13.1. The minimum Gasteiger partial charge on any atom is -0.458 e. The zero-order valence-electron chi connectivity index (χ0n) is 19.5. The molecule has 2 N–H and O–H groups in total. The van der Waals surface area contributed by atoms with Crippen molar-refractivity contribution in [1.29, 1.82) is 0 Å². The van der Waals surface area contributed by atoms with E-state index in [4.69, 9.17) is 9.47 Å². The van der Waals surface area contributed by atoms with E-state index < -0.39 is 39.3 Å². The van der Waals surface area contributed by atoms with Crippen LogP contribution in [0.4, 0.5) is 0 Å². The average Bonchev–Trinajstić information content (AvgIpc) is 2.70. The van der Waals surface area contributed by atoms with Crippen LogP contribution in [-0.2, 0) is 30.9 Å². The van der Waals surface area contributed by atoms with Gasteiger partial charge in [-0.05, 0) is 59.2 Å². The number of nitrogens with one attached hydrogen (secondary N) is 1. The number of aryl methyl sites for hydroxylation is 1. The van der Waals surface area contributed by atoms with Crippen molar-refractivity contribution in [3.63, 3.8) is 0 Å². The van der Waals surface area contributed by atoms with Gasteiger partial charge in [0.15, 0.2) is 5.54 Å². The molecular weight excluding hydrogens is 430 g/mol. The molecule has 32 heavy (non-hydrogen) atoms. The Labute approximate surface area is 190 Å². The molecule has 8 heteroatoms. The highest BCUT2D eigenvalue weighted by molar-refractivity contribution is 7.89. The summed E-state index contributed by atoms with van der Waals surface area (Å²) in [5, 5.41) is 11.1. The Morgan fingerprint density at radius 1 is 1.03 bits per heavy atom. The van der Waals surface area contributed by atoms with Crippen molar-refractivity contribution in [2.24, 2.45) is 0 Å². The molecule has 0 fully saturated rings. The number of benzene rings is 2. The highest BCUT2D eigenvalue weighted by atomic mass is 32.2. The van der Waals surface area contributed by atoms with E-state index >= 15 is 0 Å². The van der Waals surface area contributed by atoms with E-state index in [1.54, 1.807) is 39.8 Å². The summed E-state index contributed by atoms with van der Waals surface area (Å²) in [5.74, 6) is -0.900. The summed E-state index contributed by atoms with van der Waals surface area (Å²) in [4.78, 5) is 13.1. The first kappa shape index (κ1) is 26.0. The van der Waals surface area contributed by atoms with Gasteiger partial charge in [-0.25, -0.2) is 13.2 Å². The van der Waals surface area contributed by atoms with Crippen LogP contribution in [0.1, 0.15) is 45.7 Å². The van der Waals surface area contributed by atoms with Gasteiger partial charge in [-0.3, -0.25) is 0 Å². The first-order valence-corrected chi connectivity index (χ1v) is 11.9. The molecule has 3 unspecified atom stereocenters. The largest absolute Gasteiger partial charge is 0.458 e. The topological polar surface area (TPSA) is 102 Å². The molecule has 0 saturated heterocycles. The Hall–Kier alpha value is -2.26. The van der Waals surface area contributed by atoms with E-state index in [1.165, 1.54) is 19.1 Å². The van der Waals surface area contributed by atoms with Crippen LogP contribution in [0, 0.1) is 6.92 Å². The van der Waals surface area contributed by atoms with Gasteiger partial charge in [0.05, 0.1) is 17.6 Å². The first-order valence-electron chi connectivity index (χ1n) is 10.4. The Kier molecular flexibility index (Phi) is 8.22. The number of sulfonamides is 1. The predicted molar refractivity (Wildman–Crippen MR) is 122 cm³/mol. The zero-order valence-corrected chi connectivity index (χ0v) is 20.3. The predicted octanol–water partition coefficient (Wildman–Crippen LogP) is 3.34. The number of esters is 1. The number of hydrogen-bond donors (Lipinski definition) is 2. The third-order valence-corrected chi connectivity index (χ3v) is 6.48. The molecule has 0 aromatic heterocycles. The lowest BCUT2D eigenvalue weighted by Crippen LogP contribution is -2.64. The van der Waals surface area contributed by atoms with Crippen molar-refractivity contribution in [1.82, 2.24) is 4.72 Å². The van der Waals surface area contributed by atoms with E-state index in [1.807, 2.05) is 37.3 Å². The smallest absolute Gasteiger partial charge is 0.330 e. The monoisotopic (exact) mass is 463 g/mol. The highest BCUT2D eigenvalue weighted by Gasteiger charge is 2.49. The van der Waals surface area contributed by atoms with Gasteiger partial charge in [0.2, 0.25) is 10.0 Å². The number of carbonyl (C=O) groups excluding carboxylic acids is 1. The van der Waals surface area contributed by atoms with Crippen molar-refractivity contribution >= 4 is 16.0 Å². The van der Waals surface area contributed by atoms with Crippen molar-refractivity contribution in [3.8, 4) is 0 Å². The second-order valence-corrected chi connectivity index (χ2v) is 10.8. The third kappa shape index (κ3) is 6.87. The Morgan fingerprint density at radius 2 is 1.59 bits per heavy atom. The first-order chi connectivity index (χ1) is 14.7. The lowest BCUT2D eigenvalue weighted by Gasteiger charge is -2.37. The summed E-state index contributed by atoms with van der Waals surface area (Å²) in [6, 6.07) is 15.5. The van der Waals surface area contributed by atoms with Gasteiger partial charge < -0.3 is 14.6 Å². The number of aliphatic hydroxyl groups excluding tert-OH is 1. The summed E-state index contributed by atoms with van der Waals surface area (Å²) >= 11 is 0. The van der Waals surface area contributed by atoms with Gasteiger partial charge in [0.1, 0.15) is 11.7 Å². The molecule has 0 amide bonds. The normalized spacial score (nSPS) is 16.1. The van der Waals surface area contributed by atoms with Crippen LogP contribution in [0.25, 0.3) is 0 Å². The van der Waals surface area contributed by atoms with Crippen LogP contribution in [0.2, 0.25) is 0 Å². The molecule has 0 aliphatic heterocycles. The summed E-state index contributed by atoms with van der Waals surface area (Å²) in [7, 11) is -4.15. The molecule has 0 radical (unpaired) electrons. The van der Waals surface area contributed by atoms with Gasteiger partial charge in [0, 0.05) is 0 Å². The third-order valence-electron chi connectivity index (χ3n) is 4.89. The standard InChI is InChI=1S/C24H33NO6S/c1-17-12-14-20(15-13-17)32(28,29)25-24(6,22(27)31-23(3,4)5)21(26)18(2)30-16-19-10-8-7-9-11-19/h7-15,18,21,25-26H,16H2,1-6H3. The lowest BCUT2D eigenvalue weighted by molar-refractivity contribution is -0.171. The number of rotatable bonds is 9. The summed E-state index contributed by atoms with van der Waals surface area (Å²) in [6.45, 7) is 9.92. The SMILES string of the molecule is Cc1ccc(S(=O)(=O)NC(C)(C(=O)OC(C)(C)C)C(O)C(C)OCc2ccccc2)cc1. The molecule has 0 bridgehead atoms. The fraction of sp³-hybridized carbons (Fsp3) is 0.458. The van der Waals surface area contributed by atoms with Crippen molar-refractivity contribution < 1.29 is 27.8 Å².